The van der Waals surface area contributed by atoms with Crippen LogP contribution < -0.4 is 27.9 Å². The number of aliphatic hydroxyl groups is 1. The van der Waals surface area contributed by atoms with Gasteiger partial charge in [-0.05, 0) is 38.5 Å². The van der Waals surface area contributed by atoms with Crippen molar-refractivity contribution < 1.29 is 9.90 Å². The molecule has 1 aromatic carbocycles. The average molecular weight is 450 g/mol. The van der Waals surface area contributed by atoms with E-state index in [9.17, 15) is 9.90 Å². The minimum atomic E-state index is -0.429. The van der Waals surface area contributed by atoms with Gasteiger partial charge in [0.15, 0.2) is 0 Å². The first kappa shape index (κ1) is 27.7. The third kappa shape index (κ3) is 9.86. The SMILES string of the molecule is CC(CN)C(C)(CO)CN(N)/C=C(\N)CCNC(=O)NCC(Cc1ccccc1)N(C)C. The van der Waals surface area contributed by atoms with Crippen LogP contribution in [0.15, 0.2) is 42.2 Å². The van der Waals surface area contributed by atoms with Gasteiger partial charge in [-0.3, -0.25) is 0 Å². The van der Waals surface area contributed by atoms with Gasteiger partial charge in [0, 0.05) is 49.4 Å². The predicted molar refractivity (Wildman–Crippen MR) is 130 cm³/mol. The van der Waals surface area contributed by atoms with Crippen LogP contribution in [0, 0.1) is 11.3 Å². The summed E-state index contributed by atoms with van der Waals surface area (Å²) in [5.74, 6) is 6.16. The molecule has 0 bridgehead atoms. The molecule has 1 aromatic rings. The summed E-state index contributed by atoms with van der Waals surface area (Å²) in [6.07, 6.45) is 2.95. The Kier molecular flexibility index (Phi) is 12.1. The smallest absolute Gasteiger partial charge is 0.314 e. The molecule has 3 atom stereocenters. The molecule has 9 heteroatoms. The minimum Gasteiger partial charge on any atom is -0.401 e. The lowest BCUT2D eigenvalue weighted by atomic mass is 9.78. The van der Waals surface area contributed by atoms with Crippen LogP contribution in [0.3, 0.4) is 0 Å². The molecule has 0 fully saturated rings. The highest BCUT2D eigenvalue weighted by Gasteiger charge is 2.31. The molecule has 0 radical (unpaired) electrons. The topological polar surface area (TPSA) is 146 Å². The molecule has 0 saturated heterocycles. The maximum Gasteiger partial charge on any atom is 0.314 e. The van der Waals surface area contributed by atoms with E-state index in [0.29, 0.717) is 38.3 Å². The Balaban J connectivity index is 2.42. The summed E-state index contributed by atoms with van der Waals surface area (Å²) in [6, 6.07) is 10.2. The highest BCUT2D eigenvalue weighted by Crippen LogP contribution is 2.26. The Morgan fingerprint density at radius 2 is 1.91 bits per heavy atom. The Labute approximate surface area is 193 Å². The van der Waals surface area contributed by atoms with Crippen molar-refractivity contribution in [3.8, 4) is 0 Å². The summed E-state index contributed by atoms with van der Waals surface area (Å²) in [6.45, 7) is 5.72. The van der Waals surface area contributed by atoms with Crippen molar-refractivity contribution in [1.29, 1.82) is 0 Å². The van der Waals surface area contributed by atoms with E-state index in [1.54, 1.807) is 6.20 Å². The molecule has 182 valence electrons. The summed E-state index contributed by atoms with van der Waals surface area (Å²) < 4.78 is 0. The lowest BCUT2D eigenvalue weighted by molar-refractivity contribution is 0.0603. The van der Waals surface area contributed by atoms with Crippen LogP contribution in [-0.4, -0.2) is 74.0 Å². The van der Waals surface area contributed by atoms with Gasteiger partial charge >= 0.3 is 6.03 Å². The fourth-order valence-corrected chi connectivity index (χ4v) is 3.30. The molecular weight excluding hydrogens is 406 g/mol. The molecular formula is C23H43N7O2. The third-order valence-corrected chi connectivity index (χ3v) is 6.02. The highest BCUT2D eigenvalue weighted by molar-refractivity contribution is 5.73. The molecule has 0 spiro atoms. The molecule has 0 aromatic heterocycles. The molecule has 3 unspecified atom stereocenters. The Bertz CT molecular complexity index is 699. The van der Waals surface area contributed by atoms with E-state index >= 15 is 0 Å². The van der Waals surface area contributed by atoms with Crippen molar-refractivity contribution >= 4 is 6.03 Å². The van der Waals surface area contributed by atoms with Crippen LogP contribution in [0.4, 0.5) is 4.79 Å². The quantitative estimate of drug-likeness (QED) is 0.178. The minimum absolute atomic E-state index is 0.0211. The first-order valence-corrected chi connectivity index (χ1v) is 11.1. The molecule has 9 nitrogen and oxygen atoms in total. The van der Waals surface area contributed by atoms with E-state index in [1.807, 2.05) is 46.1 Å². The molecule has 0 saturated carbocycles. The summed E-state index contributed by atoms with van der Waals surface area (Å²) in [7, 11) is 4.01. The molecule has 0 aliphatic rings. The monoisotopic (exact) mass is 449 g/mol. The number of nitrogens with two attached hydrogens (primary N) is 3. The number of benzene rings is 1. The summed E-state index contributed by atoms with van der Waals surface area (Å²) in [4.78, 5) is 14.3. The largest absolute Gasteiger partial charge is 0.401 e. The zero-order chi connectivity index (χ0) is 24.1. The molecule has 32 heavy (non-hydrogen) atoms. The lowest BCUT2D eigenvalue weighted by Crippen LogP contribution is -2.46. The van der Waals surface area contributed by atoms with Crippen LogP contribution >= 0.6 is 0 Å². The van der Waals surface area contributed by atoms with E-state index in [4.69, 9.17) is 17.3 Å². The van der Waals surface area contributed by atoms with Gasteiger partial charge in [0.05, 0.1) is 6.61 Å². The first-order chi connectivity index (χ1) is 15.1. The van der Waals surface area contributed by atoms with Crippen LogP contribution in [0.1, 0.15) is 25.8 Å². The number of likely N-dealkylation sites (N-methyl/N-ethyl adjacent to an activating group) is 1. The van der Waals surface area contributed by atoms with Gasteiger partial charge < -0.3 is 37.1 Å². The van der Waals surface area contributed by atoms with Crippen LogP contribution in [0.2, 0.25) is 0 Å². The van der Waals surface area contributed by atoms with E-state index in [2.05, 4.69) is 27.7 Å². The molecule has 0 aliphatic carbocycles. The second kappa shape index (κ2) is 13.9. The first-order valence-electron chi connectivity index (χ1n) is 11.1. The fourth-order valence-electron chi connectivity index (χ4n) is 3.30. The van der Waals surface area contributed by atoms with Gasteiger partial charge in [-0.15, -0.1) is 0 Å². The molecule has 2 amide bonds. The number of nitrogens with zero attached hydrogens (tertiary/aromatic N) is 2. The van der Waals surface area contributed by atoms with E-state index in [0.717, 1.165) is 6.42 Å². The van der Waals surface area contributed by atoms with Gasteiger partial charge in [0.1, 0.15) is 0 Å². The predicted octanol–water partition coefficient (Wildman–Crippen LogP) is 0.418. The van der Waals surface area contributed by atoms with Crippen LogP contribution in [-0.2, 0) is 6.42 Å². The van der Waals surface area contributed by atoms with Crippen molar-refractivity contribution in [1.82, 2.24) is 20.5 Å². The Morgan fingerprint density at radius 1 is 1.25 bits per heavy atom. The van der Waals surface area contributed by atoms with Gasteiger partial charge in [0.2, 0.25) is 0 Å². The average Bonchev–Trinajstić information content (AvgIpc) is 2.76. The normalized spacial score (nSPS) is 15.7. The number of rotatable bonds is 14. The maximum atomic E-state index is 12.2. The maximum absolute atomic E-state index is 12.2. The highest BCUT2D eigenvalue weighted by atomic mass is 16.3. The number of carbonyl (C=O) groups is 1. The van der Waals surface area contributed by atoms with Crippen molar-refractivity contribution in [2.45, 2.75) is 32.7 Å². The molecule has 0 heterocycles. The second-order valence-corrected chi connectivity index (χ2v) is 9.02. The second-order valence-electron chi connectivity index (χ2n) is 9.02. The molecule has 0 aliphatic heterocycles. The third-order valence-electron chi connectivity index (χ3n) is 6.02. The summed E-state index contributed by atoms with van der Waals surface area (Å²) in [5.41, 5.74) is 13.1. The summed E-state index contributed by atoms with van der Waals surface area (Å²) in [5, 5.41) is 17.0. The van der Waals surface area contributed by atoms with E-state index in [1.165, 1.54) is 10.6 Å². The zero-order valence-corrected chi connectivity index (χ0v) is 20.1. The number of nitrogens with one attached hydrogen (secondary N) is 2. The number of hydrogen-bond donors (Lipinski definition) is 6. The number of hydrazine groups is 1. The van der Waals surface area contributed by atoms with Gasteiger partial charge in [-0.1, -0.05) is 44.2 Å². The van der Waals surface area contributed by atoms with E-state index in [-0.39, 0.29) is 24.6 Å². The number of amides is 2. The number of hydrogen-bond acceptors (Lipinski definition) is 7. The number of carbonyl (C=O) groups excluding carboxylic acids is 1. The van der Waals surface area contributed by atoms with E-state index < -0.39 is 5.41 Å². The lowest BCUT2D eigenvalue weighted by Gasteiger charge is -2.36. The van der Waals surface area contributed by atoms with Crippen LogP contribution in [0.25, 0.3) is 0 Å². The number of urea groups is 1. The zero-order valence-electron chi connectivity index (χ0n) is 20.1. The van der Waals surface area contributed by atoms with Crippen molar-refractivity contribution in [3.05, 3.63) is 47.8 Å². The standard InChI is InChI=1S/C23H43N7O2/c1-18(13-24)23(2,17-31)16-30(26)15-20(25)10-11-27-22(32)28-14-21(29(3)4)12-19-8-6-5-7-9-19/h5-9,15,18,21,31H,10-14,16-17,24-26H2,1-4H3,(H2,27,28,32)/b20-15-. The molecule has 9 N–H and O–H groups in total. The summed E-state index contributed by atoms with van der Waals surface area (Å²) >= 11 is 0. The van der Waals surface area contributed by atoms with Gasteiger partial charge in [0.25, 0.3) is 0 Å². The van der Waals surface area contributed by atoms with Crippen LogP contribution in [0.5, 0.6) is 0 Å². The number of aliphatic hydroxyl groups excluding tert-OH is 1. The fraction of sp³-hybridized carbons (Fsp3) is 0.609. The Hall–Kier alpha value is -2.33. The van der Waals surface area contributed by atoms with Gasteiger partial charge in [-0.25, -0.2) is 10.6 Å². The molecule has 1 rings (SSSR count). The van der Waals surface area contributed by atoms with Gasteiger partial charge in [-0.2, -0.15) is 0 Å². The van der Waals surface area contributed by atoms with Crippen molar-refractivity contribution in [2.75, 3.05) is 46.9 Å². The van der Waals surface area contributed by atoms with Crippen molar-refractivity contribution in [3.63, 3.8) is 0 Å². The van der Waals surface area contributed by atoms with Crippen molar-refractivity contribution in [2.24, 2.45) is 28.6 Å². The Morgan fingerprint density at radius 3 is 2.47 bits per heavy atom.